The van der Waals surface area contributed by atoms with Crippen molar-refractivity contribution in [1.29, 1.82) is 0 Å². The standard InChI is InChI=1S/C41H49N2O7.BrH/c1-5-7-8-9-10-11-27-48-35-17-13-32(14-18-35)38(44)30-31-12-21-39(37(29-31)41(46)47-6-2)50-40(45)33-15-19-36(20-16-33)49-28-26-43-24-22-34(23-25-43)42(3)4;/h12-25,29H,5-11,26-28,30H2,1-4H3;1H/q+1;. The Hall–Kier alpha value is -4.70. The Bertz CT molecular complexity index is 1670. The van der Waals surface area contributed by atoms with E-state index in [4.69, 9.17) is 18.9 Å². The maximum absolute atomic E-state index is 13.1. The topological polar surface area (TPSA) is 95.2 Å². The van der Waals surface area contributed by atoms with Crippen molar-refractivity contribution in [2.24, 2.45) is 0 Å². The SMILES string of the molecule is Br.CCCCCCCCOc1ccc(C(=O)Cc2ccc(OC(=O)c3ccc(OCC[n+]4ccc(N(C)C)cc4)cc3)c(C(=O)OCC)c2)cc1. The van der Waals surface area contributed by atoms with Gasteiger partial charge in [0.25, 0.3) is 0 Å². The monoisotopic (exact) mass is 761 g/mol. The largest absolute Gasteiger partial charge is 0.494 e. The number of nitrogens with zero attached hydrogens (tertiary/aromatic N) is 2. The summed E-state index contributed by atoms with van der Waals surface area (Å²) in [5.41, 5.74) is 2.61. The summed E-state index contributed by atoms with van der Waals surface area (Å²) in [5.74, 6) is -0.00209. The molecule has 1 aromatic heterocycles. The minimum absolute atomic E-state index is 0. The summed E-state index contributed by atoms with van der Waals surface area (Å²) in [7, 11) is 3.99. The molecular formula is C41H50BrN2O7+. The Balaban J connectivity index is 0.00000702. The van der Waals surface area contributed by atoms with E-state index in [1.807, 2.05) is 48.1 Å². The Kier molecular flexibility index (Phi) is 17.2. The molecule has 0 aliphatic carbocycles. The summed E-state index contributed by atoms with van der Waals surface area (Å²) in [4.78, 5) is 41.1. The van der Waals surface area contributed by atoms with Gasteiger partial charge in [-0.2, -0.15) is 0 Å². The number of carbonyl (C=O) groups is 3. The van der Waals surface area contributed by atoms with Crippen LogP contribution < -0.4 is 23.7 Å². The number of unbranched alkanes of at least 4 members (excludes halogenated alkanes) is 5. The predicted molar refractivity (Wildman–Crippen MR) is 204 cm³/mol. The molecule has 0 bridgehead atoms. The van der Waals surface area contributed by atoms with Crippen molar-refractivity contribution < 1.29 is 37.9 Å². The van der Waals surface area contributed by atoms with Gasteiger partial charge in [0.05, 0.1) is 18.8 Å². The van der Waals surface area contributed by atoms with Gasteiger partial charge in [-0.15, -0.1) is 17.0 Å². The zero-order valence-electron chi connectivity index (χ0n) is 30.1. The van der Waals surface area contributed by atoms with Crippen molar-refractivity contribution in [3.63, 3.8) is 0 Å². The Morgan fingerprint density at radius 2 is 1.29 bits per heavy atom. The number of ether oxygens (including phenoxy) is 4. The van der Waals surface area contributed by atoms with Gasteiger partial charge in [-0.1, -0.05) is 45.1 Å². The Labute approximate surface area is 312 Å². The third kappa shape index (κ3) is 13.2. The number of benzene rings is 3. The number of rotatable bonds is 20. The van der Waals surface area contributed by atoms with E-state index < -0.39 is 11.9 Å². The first kappa shape index (κ1) is 40.7. The van der Waals surface area contributed by atoms with Crippen LogP contribution in [-0.2, 0) is 17.7 Å². The molecule has 0 unspecified atom stereocenters. The molecule has 0 N–H and O–H groups in total. The van der Waals surface area contributed by atoms with E-state index in [0.29, 0.717) is 42.2 Å². The molecule has 0 amide bonds. The number of anilines is 1. The second-order valence-corrected chi connectivity index (χ2v) is 12.2. The molecule has 4 rings (SSSR count). The average molecular weight is 763 g/mol. The van der Waals surface area contributed by atoms with Gasteiger partial charge in [0.15, 0.2) is 24.7 Å². The first-order chi connectivity index (χ1) is 24.3. The molecule has 51 heavy (non-hydrogen) atoms. The maximum Gasteiger partial charge on any atom is 0.343 e. The molecule has 0 saturated carbocycles. The normalized spacial score (nSPS) is 10.5. The molecule has 0 radical (unpaired) electrons. The molecule has 9 nitrogen and oxygen atoms in total. The van der Waals surface area contributed by atoms with Crippen molar-refractivity contribution in [1.82, 2.24) is 0 Å². The highest BCUT2D eigenvalue weighted by molar-refractivity contribution is 8.93. The van der Waals surface area contributed by atoms with Gasteiger partial charge < -0.3 is 23.8 Å². The first-order valence-corrected chi connectivity index (χ1v) is 17.4. The summed E-state index contributed by atoms with van der Waals surface area (Å²) in [6.45, 7) is 5.81. The van der Waals surface area contributed by atoms with Crippen LogP contribution >= 0.6 is 17.0 Å². The highest BCUT2D eigenvalue weighted by Gasteiger charge is 2.20. The van der Waals surface area contributed by atoms with E-state index in [-0.39, 0.29) is 47.1 Å². The molecule has 1 heterocycles. The molecule has 0 atom stereocenters. The summed E-state index contributed by atoms with van der Waals surface area (Å²) >= 11 is 0. The van der Waals surface area contributed by atoms with Crippen molar-refractivity contribution in [2.75, 3.05) is 38.8 Å². The van der Waals surface area contributed by atoms with Gasteiger partial charge in [-0.25, -0.2) is 14.2 Å². The Morgan fingerprint density at radius 3 is 1.92 bits per heavy atom. The zero-order chi connectivity index (χ0) is 35.7. The average Bonchev–Trinajstić information content (AvgIpc) is 3.12. The third-order valence-corrected chi connectivity index (χ3v) is 8.15. The predicted octanol–water partition coefficient (Wildman–Crippen LogP) is 8.26. The van der Waals surface area contributed by atoms with Crippen molar-refractivity contribution in [3.05, 3.63) is 114 Å². The fourth-order valence-corrected chi connectivity index (χ4v) is 5.25. The molecule has 4 aromatic rings. The van der Waals surface area contributed by atoms with Crippen LogP contribution in [0, 0.1) is 0 Å². The van der Waals surface area contributed by atoms with Crippen LogP contribution in [0.2, 0.25) is 0 Å². The summed E-state index contributed by atoms with van der Waals surface area (Å²) in [6.07, 6.45) is 11.2. The Morgan fingerprint density at radius 1 is 0.686 bits per heavy atom. The molecule has 10 heteroatoms. The van der Waals surface area contributed by atoms with Crippen molar-refractivity contribution in [3.8, 4) is 17.2 Å². The smallest absolute Gasteiger partial charge is 0.343 e. The molecule has 0 spiro atoms. The van der Waals surface area contributed by atoms with E-state index in [0.717, 1.165) is 24.3 Å². The van der Waals surface area contributed by atoms with Crippen LogP contribution in [0.1, 0.15) is 89.0 Å². The van der Waals surface area contributed by atoms with Gasteiger partial charge in [0.2, 0.25) is 0 Å². The minimum Gasteiger partial charge on any atom is -0.494 e. The van der Waals surface area contributed by atoms with Gasteiger partial charge in [0, 0.05) is 43.9 Å². The van der Waals surface area contributed by atoms with E-state index in [2.05, 4.69) is 6.92 Å². The number of carbonyl (C=O) groups excluding carboxylic acids is 3. The fourth-order valence-electron chi connectivity index (χ4n) is 5.25. The van der Waals surface area contributed by atoms with Crippen LogP contribution in [0.4, 0.5) is 5.69 Å². The number of halogens is 1. The second kappa shape index (κ2) is 21.5. The minimum atomic E-state index is -0.644. The number of ketones is 1. The zero-order valence-corrected chi connectivity index (χ0v) is 31.8. The number of Topliss-reactive ketones (excluding diaryl/α,β-unsaturated/α-hetero) is 1. The highest BCUT2D eigenvalue weighted by atomic mass is 79.9. The summed E-state index contributed by atoms with van der Waals surface area (Å²) < 4.78 is 24.6. The number of hydrogen-bond acceptors (Lipinski definition) is 8. The lowest BCUT2D eigenvalue weighted by atomic mass is 10.0. The van der Waals surface area contributed by atoms with Crippen LogP contribution in [-0.4, -0.2) is 51.6 Å². The lowest BCUT2D eigenvalue weighted by molar-refractivity contribution is -0.697. The number of hydrogen-bond donors (Lipinski definition) is 0. The molecule has 3 aromatic carbocycles. The van der Waals surface area contributed by atoms with Crippen LogP contribution in [0.15, 0.2) is 91.3 Å². The number of aromatic nitrogens is 1. The van der Waals surface area contributed by atoms with E-state index in [1.54, 1.807) is 67.6 Å². The van der Waals surface area contributed by atoms with E-state index in [1.165, 1.54) is 31.7 Å². The highest BCUT2D eigenvalue weighted by Crippen LogP contribution is 2.25. The van der Waals surface area contributed by atoms with Crippen LogP contribution in [0.3, 0.4) is 0 Å². The maximum atomic E-state index is 13.1. The molecule has 0 fully saturated rings. The summed E-state index contributed by atoms with van der Waals surface area (Å²) in [6, 6.07) is 22.5. The number of esters is 2. The molecular weight excluding hydrogens is 712 g/mol. The lowest BCUT2D eigenvalue weighted by Crippen LogP contribution is -2.35. The molecule has 0 aliphatic heterocycles. The van der Waals surface area contributed by atoms with Crippen LogP contribution in [0.25, 0.3) is 0 Å². The first-order valence-electron chi connectivity index (χ1n) is 17.4. The van der Waals surface area contributed by atoms with Crippen molar-refractivity contribution in [2.45, 2.75) is 65.3 Å². The molecule has 0 aliphatic rings. The fraction of sp³-hybridized carbons (Fsp3) is 0.366. The molecule has 0 saturated heterocycles. The van der Waals surface area contributed by atoms with E-state index >= 15 is 0 Å². The second-order valence-electron chi connectivity index (χ2n) is 12.2. The van der Waals surface area contributed by atoms with Crippen LogP contribution in [0.5, 0.6) is 17.2 Å². The van der Waals surface area contributed by atoms with Gasteiger partial charge in [-0.05, 0) is 79.6 Å². The number of pyridine rings is 1. The van der Waals surface area contributed by atoms with Gasteiger partial charge >= 0.3 is 11.9 Å². The van der Waals surface area contributed by atoms with Gasteiger partial charge in [-0.3, -0.25) is 4.79 Å². The summed E-state index contributed by atoms with van der Waals surface area (Å²) in [5, 5.41) is 0. The third-order valence-electron chi connectivity index (χ3n) is 8.15. The van der Waals surface area contributed by atoms with Crippen molar-refractivity contribution >= 4 is 40.4 Å². The quantitative estimate of drug-likeness (QED) is 0.0292. The van der Waals surface area contributed by atoms with E-state index in [9.17, 15) is 14.4 Å². The lowest BCUT2D eigenvalue weighted by Gasteiger charge is -2.12. The molecule has 272 valence electrons. The van der Waals surface area contributed by atoms with Gasteiger partial charge in [0.1, 0.15) is 29.4 Å².